The van der Waals surface area contributed by atoms with Crippen LogP contribution in [-0.2, 0) is 4.79 Å². The summed E-state index contributed by atoms with van der Waals surface area (Å²) >= 11 is 5.74. The monoisotopic (exact) mass is 285 g/mol. The van der Waals surface area contributed by atoms with Crippen LogP contribution in [0.1, 0.15) is 17.3 Å². The minimum atomic E-state index is -0.936. The van der Waals surface area contributed by atoms with E-state index < -0.39 is 23.6 Å². The zero-order valence-electron chi connectivity index (χ0n) is 10.3. The molecular weight excluding hydrogens is 273 g/mol. The van der Waals surface area contributed by atoms with Gasteiger partial charge in [-0.3, -0.25) is 9.59 Å². The lowest BCUT2D eigenvalue weighted by Gasteiger charge is -2.16. The number of amides is 1. The smallest absolute Gasteiger partial charge is 0.308 e. The van der Waals surface area contributed by atoms with E-state index in [2.05, 4.69) is 0 Å². The van der Waals surface area contributed by atoms with Crippen molar-refractivity contribution in [3.8, 4) is 0 Å². The van der Waals surface area contributed by atoms with Crippen molar-refractivity contribution in [2.24, 2.45) is 11.8 Å². The molecule has 0 aromatic heterocycles. The molecule has 1 aliphatic rings. The van der Waals surface area contributed by atoms with Gasteiger partial charge in [0.2, 0.25) is 0 Å². The maximum Gasteiger partial charge on any atom is 0.308 e. The topological polar surface area (TPSA) is 57.6 Å². The second-order valence-corrected chi connectivity index (χ2v) is 5.19. The third-order valence-electron chi connectivity index (χ3n) is 3.38. The fourth-order valence-electron chi connectivity index (χ4n) is 2.29. The van der Waals surface area contributed by atoms with Crippen molar-refractivity contribution in [2.45, 2.75) is 6.92 Å². The van der Waals surface area contributed by atoms with Crippen molar-refractivity contribution in [1.29, 1.82) is 0 Å². The number of benzene rings is 1. The largest absolute Gasteiger partial charge is 0.481 e. The molecule has 19 heavy (non-hydrogen) atoms. The maximum atomic E-state index is 13.6. The summed E-state index contributed by atoms with van der Waals surface area (Å²) in [6, 6.07) is 3.75. The summed E-state index contributed by atoms with van der Waals surface area (Å²) in [4.78, 5) is 24.5. The van der Waals surface area contributed by atoms with Gasteiger partial charge in [0, 0.05) is 18.1 Å². The van der Waals surface area contributed by atoms with Crippen molar-refractivity contribution in [1.82, 2.24) is 4.90 Å². The molecule has 1 fully saturated rings. The van der Waals surface area contributed by atoms with Crippen molar-refractivity contribution in [3.63, 3.8) is 0 Å². The Morgan fingerprint density at radius 1 is 1.42 bits per heavy atom. The lowest BCUT2D eigenvalue weighted by atomic mass is 9.99. The van der Waals surface area contributed by atoms with Crippen LogP contribution in [0.2, 0.25) is 5.02 Å². The molecule has 2 unspecified atom stereocenters. The average Bonchev–Trinajstić information content (AvgIpc) is 2.74. The number of nitrogens with zero attached hydrogens (tertiary/aromatic N) is 1. The molecule has 1 heterocycles. The predicted octanol–water partition coefficient (Wildman–Crippen LogP) is 2.27. The van der Waals surface area contributed by atoms with Crippen LogP contribution >= 0.6 is 11.6 Å². The van der Waals surface area contributed by atoms with Crippen LogP contribution in [0.3, 0.4) is 0 Å². The zero-order valence-corrected chi connectivity index (χ0v) is 11.0. The number of carboxylic acid groups (broad SMARTS) is 1. The van der Waals surface area contributed by atoms with Crippen LogP contribution in [0.15, 0.2) is 18.2 Å². The van der Waals surface area contributed by atoms with Crippen molar-refractivity contribution in [2.75, 3.05) is 13.1 Å². The highest BCUT2D eigenvalue weighted by Crippen LogP contribution is 2.26. The molecule has 102 valence electrons. The van der Waals surface area contributed by atoms with Crippen LogP contribution in [0.4, 0.5) is 4.39 Å². The Morgan fingerprint density at radius 3 is 2.68 bits per heavy atom. The fourth-order valence-corrected chi connectivity index (χ4v) is 2.46. The lowest BCUT2D eigenvalue weighted by molar-refractivity contribution is -0.142. The van der Waals surface area contributed by atoms with Gasteiger partial charge in [0.05, 0.1) is 11.5 Å². The number of halogens is 2. The average molecular weight is 286 g/mol. The number of rotatable bonds is 2. The van der Waals surface area contributed by atoms with E-state index in [0.29, 0.717) is 6.54 Å². The summed E-state index contributed by atoms with van der Waals surface area (Å²) < 4.78 is 13.6. The van der Waals surface area contributed by atoms with Crippen molar-refractivity contribution >= 4 is 23.5 Å². The van der Waals surface area contributed by atoms with Crippen molar-refractivity contribution < 1.29 is 19.1 Å². The Labute approximate surface area is 114 Å². The third kappa shape index (κ3) is 2.71. The summed E-state index contributed by atoms with van der Waals surface area (Å²) in [5.41, 5.74) is -0.120. The molecule has 2 atom stereocenters. The van der Waals surface area contributed by atoms with Gasteiger partial charge in [-0.1, -0.05) is 18.5 Å². The van der Waals surface area contributed by atoms with Gasteiger partial charge in [-0.15, -0.1) is 0 Å². The molecule has 1 N–H and O–H groups in total. The Morgan fingerprint density at radius 2 is 2.11 bits per heavy atom. The van der Waals surface area contributed by atoms with Gasteiger partial charge in [-0.25, -0.2) is 4.39 Å². The van der Waals surface area contributed by atoms with Crippen LogP contribution in [-0.4, -0.2) is 35.0 Å². The number of hydrogen-bond donors (Lipinski definition) is 1. The van der Waals surface area contributed by atoms with Crippen LogP contribution in [0.5, 0.6) is 0 Å². The summed E-state index contributed by atoms with van der Waals surface area (Å²) in [6.45, 7) is 2.17. The molecule has 0 radical (unpaired) electrons. The van der Waals surface area contributed by atoms with E-state index in [1.54, 1.807) is 6.92 Å². The van der Waals surface area contributed by atoms with E-state index in [-0.39, 0.29) is 23.0 Å². The first kappa shape index (κ1) is 13.8. The van der Waals surface area contributed by atoms with E-state index in [1.165, 1.54) is 17.0 Å². The number of carboxylic acids is 1. The summed E-state index contributed by atoms with van der Waals surface area (Å²) in [5.74, 6) is -2.86. The first-order chi connectivity index (χ1) is 8.90. The second kappa shape index (κ2) is 5.17. The first-order valence-corrected chi connectivity index (χ1v) is 6.25. The molecule has 1 saturated heterocycles. The van der Waals surface area contributed by atoms with Crippen LogP contribution in [0, 0.1) is 17.7 Å². The van der Waals surface area contributed by atoms with Gasteiger partial charge < -0.3 is 10.0 Å². The molecule has 6 heteroatoms. The highest BCUT2D eigenvalue weighted by atomic mass is 35.5. The molecule has 0 saturated carbocycles. The molecule has 1 aliphatic heterocycles. The quantitative estimate of drug-likeness (QED) is 0.907. The SMILES string of the molecule is CC1CN(C(=O)c2cc(Cl)ccc2F)CC1C(=O)O. The number of carbonyl (C=O) groups excluding carboxylic acids is 1. The molecule has 1 aromatic carbocycles. The summed E-state index contributed by atoms with van der Waals surface area (Å²) in [5, 5.41) is 9.29. The third-order valence-corrected chi connectivity index (χ3v) is 3.61. The number of aliphatic carboxylic acids is 1. The fraction of sp³-hybridized carbons (Fsp3) is 0.385. The normalized spacial score (nSPS) is 22.6. The molecule has 2 rings (SSSR count). The minimum absolute atomic E-state index is 0.0985. The maximum absolute atomic E-state index is 13.6. The number of carbonyl (C=O) groups is 2. The van der Waals surface area contributed by atoms with E-state index in [9.17, 15) is 14.0 Å². The lowest BCUT2D eigenvalue weighted by Crippen LogP contribution is -2.30. The first-order valence-electron chi connectivity index (χ1n) is 5.87. The van der Waals surface area contributed by atoms with E-state index >= 15 is 0 Å². The number of hydrogen-bond acceptors (Lipinski definition) is 2. The van der Waals surface area contributed by atoms with E-state index in [1.807, 2.05) is 0 Å². The molecule has 1 amide bonds. The standard InChI is InChI=1S/C13H13ClFNO3/c1-7-5-16(6-10(7)13(18)19)12(17)9-4-8(14)2-3-11(9)15/h2-4,7,10H,5-6H2,1H3,(H,18,19). The van der Waals surface area contributed by atoms with Gasteiger partial charge in [0.15, 0.2) is 0 Å². The van der Waals surface area contributed by atoms with Gasteiger partial charge in [0.1, 0.15) is 5.82 Å². The Balaban J connectivity index is 2.22. The molecule has 0 spiro atoms. The Kier molecular flexibility index (Phi) is 3.75. The van der Waals surface area contributed by atoms with Crippen LogP contribution in [0.25, 0.3) is 0 Å². The van der Waals surface area contributed by atoms with E-state index in [0.717, 1.165) is 6.07 Å². The Bertz CT molecular complexity index is 535. The van der Waals surface area contributed by atoms with Gasteiger partial charge in [-0.05, 0) is 24.1 Å². The zero-order chi connectivity index (χ0) is 14.2. The highest BCUT2D eigenvalue weighted by Gasteiger charge is 2.37. The van der Waals surface area contributed by atoms with Gasteiger partial charge >= 0.3 is 5.97 Å². The van der Waals surface area contributed by atoms with Gasteiger partial charge in [-0.2, -0.15) is 0 Å². The molecule has 1 aromatic rings. The predicted molar refractivity (Wildman–Crippen MR) is 67.6 cm³/mol. The van der Waals surface area contributed by atoms with Crippen LogP contribution < -0.4 is 0 Å². The molecule has 4 nitrogen and oxygen atoms in total. The molecule has 0 bridgehead atoms. The number of likely N-dealkylation sites (tertiary alicyclic amines) is 1. The highest BCUT2D eigenvalue weighted by molar-refractivity contribution is 6.31. The summed E-state index contributed by atoms with van der Waals surface area (Å²) in [7, 11) is 0. The molecular formula is C13H13ClFNO3. The van der Waals surface area contributed by atoms with E-state index in [4.69, 9.17) is 16.7 Å². The second-order valence-electron chi connectivity index (χ2n) is 4.76. The van der Waals surface area contributed by atoms with Crippen molar-refractivity contribution in [3.05, 3.63) is 34.6 Å². The Hall–Kier alpha value is -1.62. The minimum Gasteiger partial charge on any atom is -0.481 e. The summed E-state index contributed by atoms with van der Waals surface area (Å²) in [6.07, 6.45) is 0. The van der Waals surface area contributed by atoms with Gasteiger partial charge in [0.25, 0.3) is 5.91 Å². The molecule has 0 aliphatic carbocycles.